The SMILES string of the molecule is CNC(c1ccc(Oc2ccccc2)cc1)C(C)(C)C. The maximum Gasteiger partial charge on any atom is 0.127 e. The highest BCUT2D eigenvalue weighted by atomic mass is 16.5. The summed E-state index contributed by atoms with van der Waals surface area (Å²) in [6.07, 6.45) is 0. The molecule has 1 unspecified atom stereocenters. The number of hydrogen-bond acceptors (Lipinski definition) is 2. The van der Waals surface area contributed by atoms with Gasteiger partial charge in [-0.1, -0.05) is 51.1 Å². The van der Waals surface area contributed by atoms with Crippen molar-refractivity contribution in [2.75, 3.05) is 7.05 Å². The predicted octanol–water partition coefficient (Wildman–Crippen LogP) is 4.79. The second kappa shape index (κ2) is 6.10. The van der Waals surface area contributed by atoms with E-state index < -0.39 is 0 Å². The highest BCUT2D eigenvalue weighted by molar-refractivity contribution is 5.34. The van der Waals surface area contributed by atoms with Crippen molar-refractivity contribution in [1.82, 2.24) is 5.32 Å². The first-order valence-electron chi connectivity index (χ1n) is 7.01. The van der Waals surface area contributed by atoms with Crippen LogP contribution in [0.25, 0.3) is 0 Å². The van der Waals surface area contributed by atoms with Crippen LogP contribution in [0.3, 0.4) is 0 Å². The second-order valence-corrected chi connectivity index (χ2v) is 6.07. The zero-order chi connectivity index (χ0) is 14.6. The Hall–Kier alpha value is -1.80. The Labute approximate surface area is 121 Å². The van der Waals surface area contributed by atoms with Gasteiger partial charge in [-0.25, -0.2) is 0 Å². The van der Waals surface area contributed by atoms with E-state index in [9.17, 15) is 0 Å². The quantitative estimate of drug-likeness (QED) is 0.862. The number of nitrogens with one attached hydrogen (secondary N) is 1. The molecule has 0 bridgehead atoms. The Bertz CT molecular complexity index is 526. The van der Waals surface area contributed by atoms with Gasteiger partial charge in [0.1, 0.15) is 11.5 Å². The van der Waals surface area contributed by atoms with Crippen molar-refractivity contribution in [2.45, 2.75) is 26.8 Å². The molecule has 2 rings (SSSR count). The normalized spacial score (nSPS) is 13.0. The molecule has 1 atom stereocenters. The van der Waals surface area contributed by atoms with Gasteiger partial charge < -0.3 is 10.1 Å². The summed E-state index contributed by atoms with van der Waals surface area (Å²) in [4.78, 5) is 0. The third-order valence-corrected chi connectivity index (χ3v) is 3.35. The van der Waals surface area contributed by atoms with Crippen molar-refractivity contribution in [1.29, 1.82) is 0 Å². The standard InChI is InChI=1S/C18H23NO/c1-18(2,3)17(19-4)14-10-12-16(13-11-14)20-15-8-6-5-7-9-15/h5-13,17,19H,1-4H3. The highest BCUT2D eigenvalue weighted by Crippen LogP contribution is 2.33. The van der Waals surface area contributed by atoms with E-state index in [2.05, 4.69) is 38.2 Å². The van der Waals surface area contributed by atoms with E-state index in [1.165, 1.54) is 5.56 Å². The van der Waals surface area contributed by atoms with Gasteiger partial charge >= 0.3 is 0 Å². The molecule has 1 N–H and O–H groups in total. The first kappa shape index (κ1) is 14.6. The molecule has 0 aliphatic heterocycles. The Morgan fingerprint density at radius 2 is 1.40 bits per heavy atom. The van der Waals surface area contributed by atoms with Crippen LogP contribution in [-0.4, -0.2) is 7.05 Å². The maximum absolute atomic E-state index is 5.81. The van der Waals surface area contributed by atoms with Crippen LogP contribution in [0.1, 0.15) is 32.4 Å². The van der Waals surface area contributed by atoms with Gasteiger partial charge in [-0.2, -0.15) is 0 Å². The minimum Gasteiger partial charge on any atom is -0.457 e. The maximum atomic E-state index is 5.81. The summed E-state index contributed by atoms with van der Waals surface area (Å²) < 4.78 is 5.81. The van der Waals surface area contributed by atoms with Crippen molar-refractivity contribution < 1.29 is 4.74 Å². The molecule has 0 aromatic heterocycles. The van der Waals surface area contributed by atoms with E-state index in [0.29, 0.717) is 6.04 Å². The van der Waals surface area contributed by atoms with Crippen LogP contribution < -0.4 is 10.1 Å². The van der Waals surface area contributed by atoms with Gasteiger partial charge in [0, 0.05) is 6.04 Å². The molecule has 0 radical (unpaired) electrons. The van der Waals surface area contributed by atoms with Crippen molar-refractivity contribution in [3.05, 3.63) is 60.2 Å². The molecular weight excluding hydrogens is 246 g/mol. The van der Waals surface area contributed by atoms with E-state index in [0.717, 1.165) is 11.5 Å². The lowest BCUT2D eigenvalue weighted by Crippen LogP contribution is -2.29. The van der Waals surface area contributed by atoms with E-state index in [1.807, 2.05) is 49.5 Å². The zero-order valence-corrected chi connectivity index (χ0v) is 12.7. The Kier molecular flexibility index (Phi) is 4.46. The summed E-state index contributed by atoms with van der Waals surface area (Å²) in [5, 5.41) is 3.39. The number of ether oxygens (including phenoxy) is 1. The number of hydrogen-bond donors (Lipinski definition) is 1. The first-order valence-corrected chi connectivity index (χ1v) is 7.01. The van der Waals surface area contributed by atoms with Gasteiger partial charge in [-0.05, 0) is 42.3 Å². The predicted molar refractivity (Wildman–Crippen MR) is 84.2 cm³/mol. The lowest BCUT2D eigenvalue weighted by atomic mass is 9.82. The molecule has 2 aromatic rings. The van der Waals surface area contributed by atoms with Crippen molar-refractivity contribution in [3.63, 3.8) is 0 Å². The minimum atomic E-state index is 0.177. The van der Waals surface area contributed by atoms with Crippen LogP contribution >= 0.6 is 0 Å². The number of benzene rings is 2. The number of para-hydroxylation sites is 1. The lowest BCUT2D eigenvalue weighted by molar-refractivity contribution is 0.287. The van der Waals surface area contributed by atoms with Gasteiger partial charge in [-0.15, -0.1) is 0 Å². The molecule has 0 saturated heterocycles. The van der Waals surface area contributed by atoms with Crippen LogP contribution in [-0.2, 0) is 0 Å². The monoisotopic (exact) mass is 269 g/mol. The van der Waals surface area contributed by atoms with Gasteiger partial charge in [-0.3, -0.25) is 0 Å². The summed E-state index contributed by atoms with van der Waals surface area (Å²) in [6, 6.07) is 18.5. The minimum absolute atomic E-state index is 0.177. The lowest BCUT2D eigenvalue weighted by Gasteiger charge is -2.30. The van der Waals surface area contributed by atoms with Gasteiger partial charge in [0.15, 0.2) is 0 Å². The Balaban J connectivity index is 2.14. The topological polar surface area (TPSA) is 21.3 Å². The smallest absolute Gasteiger partial charge is 0.127 e. The fourth-order valence-corrected chi connectivity index (χ4v) is 2.45. The molecule has 0 aliphatic carbocycles. The molecule has 106 valence electrons. The van der Waals surface area contributed by atoms with Crippen molar-refractivity contribution in [3.8, 4) is 11.5 Å². The highest BCUT2D eigenvalue weighted by Gasteiger charge is 2.24. The summed E-state index contributed by atoms with van der Waals surface area (Å²) in [7, 11) is 2.00. The fraction of sp³-hybridized carbons (Fsp3) is 0.333. The van der Waals surface area contributed by atoms with Gasteiger partial charge in [0.05, 0.1) is 0 Å². The van der Waals surface area contributed by atoms with Crippen LogP contribution in [0.2, 0.25) is 0 Å². The second-order valence-electron chi connectivity index (χ2n) is 6.07. The van der Waals surface area contributed by atoms with E-state index in [1.54, 1.807) is 0 Å². The van der Waals surface area contributed by atoms with E-state index in [4.69, 9.17) is 4.74 Å². The van der Waals surface area contributed by atoms with Crippen LogP contribution in [0, 0.1) is 5.41 Å². The average molecular weight is 269 g/mol. The third kappa shape index (κ3) is 3.61. The van der Waals surface area contributed by atoms with E-state index in [-0.39, 0.29) is 5.41 Å². The van der Waals surface area contributed by atoms with Crippen LogP contribution in [0.4, 0.5) is 0 Å². The van der Waals surface area contributed by atoms with Gasteiger partial charge in [0.2, 0.25) is 0 Å². The van der Waals surface area contributed by atoms with E-state index >= 15 is 0 Å². The summed E-state index contributed by atoms with van der Waals surface area (Å²) in [5.41, 5.74) is 1.46. The summed E-state index contributed by atoms with van der Waals surface area (Å²) >= 11 is 0. The molecule has 0 spiro atoms. The Morgan fingerprint density at radius 3 is 1.90 bits per heavy atom. The first-order chi connectivity index (χ1) is 9.50. The summed E-state index contributed by atoms with van der Waals surface area (Å²) in [6.45, 7) is 6.72. The van der Waals surface area contributed by atoms with Crippen LogP contribution in [0.5, 0.6) is 11.5 Å². The third-order valence-electron chi connectivity index (χ3n) is 3.35. The molecule has 0 fully saturated rings. The molecule has 0 aliphatic rings. The fourth-order valence-electron chi connectivity index (χ4n) is 2.45. The molecule has 0 heterocycles. The van der Waals surface area contributed by atoms with Crippen molar-refractivity contribution in [2.24, 2.45) is 5.41 Å². The molecule has 20 heavy (non-hydrogen) atoms. The molecule has 0 amide bonds. The molecule has 2 aromatic carbocycles. The van der Waals surface area contributed by atoms with Gasteiger partial charge in [0.25, 0.3) is 0 Å². The molecule has 0 saturated carbocycles. The molecular formula is C18H23NO. The number of rotatable bonds is 4. The average Bonchev–Trinajstić information content (AvgIpc) is 2.41. The largest absolute Gasteiger partial charge is 0.457 e. The molecule has 2 heteroatoms. The van der Waals surface area contributed by atoms with Crippen molar-refractivity contribution >= 4 is 0 Å². The molecule has 2 nitrogen and oxygen atoms in total. The van der Waals surface area contributed by atoms with Crippen LogP contribution in [0.15, 0.2) is 54.6 Å². The summed E-state index contributed by atoms with van der Waals surface area (Å²) in [5.74, 6) is 1.73. The Morgan fingerprint density at radius 1 is 0.850 bits per heavy atom. The zero-order valence-electron chi connectivity index (χ0n) is 12.7.